The van der Waals surface area contributed by atoms with Gasteiger partial charge in [-0.25, -0.2) is 0 Å². The molecule has 4 rings (SSSR count). The first-order valence-electron chi connectivity index (χ1n) is 18.8. The van der Waals surface area contributed by atoms with E-state index in [9.17, 15) is 4.79 Å². The van der Waals surface area contributed by atoms with E-state index in [-0.39, 0.29) is 0 Å². The zero-order valence-electron chi connectivity index (χ0n) is 29.0. The Balaban J connectivity index is 1.77. The predicted octanol–water partition coefficient (Wildman–Crippen LogP) is 12.4. The van der Waals surface area contributed by atoms with Crippen molar-refractivity contribution in [2.45, 2.75) is 175 Å². The van der Waals surface area contributed by atoms with Gasteiger partial charge in [-0.15, -0.1) is 0 Å². The molecule has 0 aliphatic heterocycles. The first kappa shape index (κ1) is 34.1. The number of unbranched alkanes of at least 4 members (excludes halogenated alkanes) is 3. The summed E-state index contributed by atoms with van der Waals surface area (Å²) in [5.41, 5.74) is 2.49. The Morgan fingerprint density at radius 1 is 0.829 bits per heavy atom. The van der Waals surface area contributed by atoms with E-state index in [0.717, 1.165) is 58.7 Å². The number of Topliss-reactive ketones (excluding diaryl/α,β-unsaturated/α-hetero) is 1. The van der Waals surface area contributed by atoms with Gasteiger partial charge in [0.15, 0.2) is 0 Å². The molecule has 0 unspecified atom stereocenters. The second kappa shape index (κ2) is 14.5. The van der Waals surface area contributed by atoms with Crippen LogP contribution < -0.4 is 0 Å². The number of hydrogen-bond acceptors (Lipinski definition) is 1. The topological polar surface area (TPSA) is 17.1 Å². The van der Waals surface area contributed by atoms with Gasteiger partial charge in [0.25, 0.3) is 0 Å². The van der Waals surface area contributed by atoms with Crippen LogP contribution in [0.1, 0.15) is 158 Å². The quantitative estimate of drug-likeness (QED) is 0.125. The Morgan fingerprint density at radius 2 is 1.46 bits per heavy atom. The van der Waals surface area contributed by atoms with Gasteiger partial charge in [0, 0.05) is 0 Å². The first-order valence-corrected chi connectivity index (χ1v) is 26.5. The summed E-state index contributed by atoms with van der Waals surface area (Å²) in [6.07, 6.45) is 24.4. The van der Waals surface area contributed by atoms with Crippen molar-refractivity contribution >= 4 is 24.2 Å². The molecule has 236 valence electrons. The maximum atomic E-state index is 12.9. The number of carbonyl (C=O) groups is 1. The molecular formula is C39H70OSn. The molecule has 0 amide bonds. The van der Waals surface area contributed by atoms with Crippen molar-refractivity contribution in [2.24, 2.45) is 46.3 Å². The second-order valence-corrected chi connectivity index (χ2v) is 30.8. The summed E-state index contributed by atoms with van der Waals surface area (Å²) in [5, 5.41) is 0. The Kier molecular flexibility index (Phi) is 12.1. The van der Waals surface area contributed by atoms with E-state index in [1.807, 2.05) is 0 Å². The van der Waals surface area contributed by atoms with Gasteiger partial charge in [0.05, 0.1) is 0 Å². The second-order valence-electron chi connectivity index (χ2n) is 16.8. The molecule has 1 nitrogen and oxygen atoms in total. The molecule has 0 radical (unpaired) electrons. The molecule has 3 saturated carbocycles. The van der Waals surface area contributed by atoms with Gasteiger partial charge in [-0.05, 0) is 0 Å². The monoisotopic (exact) mass is 674 g/mol. The van der Waals surface area contributed by atoms with E-state index < -0.39 is 18.4 Å². The number of ketones is 1. The van der Waals surface area contributed by atoms with Crippen LogP contribution in [0.4, 0.5) is 0 Å². The first-order chi connectivity index (χ1) is 19.6. The third-order valence-electron chi connectivity index (χ3n) is 14.0. The van der Waals surface area contributed by atoms with Crippen molar-refractivity contribution in [1.29, 1.82) is 0 Å². The Hall–Kier alpha value is 0.209. The molecule has 0 saturated heterocycles. The molecule has 0 aromatic rings. The summed E-state index contributed by atoms with van der Waals surface area (Å²) in [6, 6.07) is 0. The summed E-state index contributed by atoms with van der Waals surface area (Å²) in [4.78, 5) is 12.9. The molecule has 0 aromatic carbocycles. The van der Waals surface area contributed by atoms with Crippen LogP contribution in [0.2, 0.25) is 17.2 Å². The number of carbonyl (C=O) groups excluding carboxylic acids is 1. The van der Waals surface area contributed by atoms with Gasteiger partial charge in [-0.1, -0.05) is 0 Å². The summed E-state index contributed by atoms with van der Waals surface area (Å²) in [6.45, 7) is 20.2. The van der Waals surface area contributed by atoms with Crippen LogP contribution in [0.25, 0.3) is 0 Å². The molecule has 0 spiro atoms. The van der Waals surface area contributed by atoms with Crippen LogP contribution >= 0.6 is 0 Å². The van der Waals surface area contributed by atoms with Gasteiger partial charge >= 0.3 is 262 Å². The summed E-state index contributed by atoms with van der Waals surface area (Å²) >= 11 is -2.58. The minimum absolute atomic E-state index is 0.301. The van der Waals surface area contributed by atoms with Crippen LogP contribution in [-0.4, -0.2) is 24.2 Å². The van der Waals surface area contributed by atoms with E-state index in [1.165, 1.54) is 83.5 Å². The maximum absolute atomic E-state index is 12.9. The molecule has 0 N–H and O–H groups in total. The SMILES string of the molecule is CCC[CH2][Sn]([CH2]CCC)([CH2]CCC)[C@@H]1C=C2CC(=O)CC[C@]2(C)[C@H]2CC[C@]3(C)[C@@H]([C@H](C)CCCC(C)C)CC[C@H]3[C@H]12. The van der Waals surface area contributed by atoms with Crippen molar-refractivity contribution in [1.82, 2.24) is 0 Å². The van der Waals surface area contributed by atoms with Gasteiger partial charge in [-0.3, -0.25) is 0 Å². The van der Waals surface area contributed by atoms with Crippen LogP contribution in [0.5, 0.6) is 0 Å². The van der Waals surface area contributed by atoms with Crippen molar-refractivity contribution in [3.05, 3.63) is 11.6 Å². The standard InChI is InChI=1S/C27H43O.3C4H9.Sn/c1-18(2)7-6-8-19(3)23-11-12-24-22-10-9-20-17-21(28)13-15-26(20,4)25(22)14-16-27(23,24)5;3*1-3-4-2;/h9-10,18-19,22-25H,6-8,11-17H2,1-5H3;3*1,3-4H2,2H3;/t19-,22+,23-,24+,25+,26+,27-;;;;/m1..../s1. The van der Waals surface area contributed by atoms with E-state index in [0.29, 0.717) is 16.6 Å². The van der Waals surface area contributed by atoms with E-state index in [1.54, 1.807) is 18.9 Å². The molecule has 0 heterocycles. The van der Waals surface area contributed by atoms with Crippen LogP contribution in [0.15, 0.2) is 11.6 Å². The van der Waals surface area contributed by atoms with Gasteiger partial charge < -0.3 is 0 Å². The van der Waals surface area contributed by atoms with E-state index >= 15 is 0 Å². The fourth-order valence-electron chi connectivity index (χ4n) is 11.6. The van der Waals surface area contributed by atoms with Crippen LogP contribution in [0.3, 0.4) is 0 Å². The number of rotatable bonds is 15. The zero-order valence-corrected chi connectivity index (χ0v) is 31.8. The average Bonchev–Trinajstić information content (AvgIpc) is 3.30. The van der Waals surface area contributed by atoms with E-state index in [2.05, 4.69) is 61.5 Å². The van der Waals surface area contributed by atoms with Gasteiger partial charge in [0.2, 0.25) is 0 Å². The normalized spacial score (nSPS) is 36.1. The Labute approximate surface area is 261 Å². The number of fused-ring (bicyclic) bond motifs is 5. The summed E-state index contributed by atoms with van der Waals surface area (Å²) in [7, 11) is 0. The number of allylic oxidation sites excluding steroid dienone is 2. The molecule has 3 fully saturated rings. The molecule has 0 aromatic heterocycles. The third-order valence-corrected chi connectivity index (χ3v) is 31.1. The van der Waals surface area contributed by atoms with Crippen LogP contribution in [-0.2, 0) is 4.79 Å². The number of hydrogen-bond donors (Lipinski definition) is 0. The molecular weight excluding hydrogens is 603 g/mol. The molecule has 2 heteroatoms. The summed E-state index contributed by atoms with van der Waals surface area (Å²) in [5.74, 6) is 5.88. The fourth-order valence-corrected chi connectivity index (χ4v) is 30.9. The Bertz CT molecular complexity index is 866. The summed E-state index contributed by atoms with van der Waals surface area (Å²) < 4.78 is 5.75. The Morgan fingerprint density at radius 3 is 2.05 bits per heavy atom. The average molecular weight is 674 g/mol. The predicted molar refractivity (Wildman–Crippen MR) is 182 cm³/mol. The zero-order chi connectivity index (χ0) is 29.8. The van der Waals surface area contributed by atoms with Crippen LogP contribution in [0, 0.1) is 46.3 Å². The van der Waals surface area contributed by atoms with Crippen molar-refractivity contribution in [3.8, 4) is 0 Å². The van der Waals surface area contributed by atoms with Gasteiger partial charge in [-0.2, -0.15) is 0 Å². The fraction of sp³-hybridized carbons (Fsp3) is 0.923. The van der Waals surface area contributed by atoms with E-state index in [4.69, 9.17) is 0 Å². The molecule has 4 aliphatic rings. The molecule has 4 aliphatic carbocycles. The van der Waals surface area contributed by atoms with Crippen molar-refractivity contribution < 1.29 is 4.79 Å². The molecule has 8 atom stereocenters. The third kappa shape index (κ3) is 6.90. The van der Waals surface area contributed by atoms with Gasteiger partial charge in [0.1, 0.15) is 0 Å². The minimum atomic E-state index is -2.58. The molecule has 41 heavy (non-hydrogen) atoms. The molecule has 0 bridgehead atoms. The van der Waals surface area contributed by atoms with Crippen molar-refractivity contribution in [3.63, 3.8) is 0 Å². The van der Waals surface area contributed by atoms with Crippen molar-refractivity contribution in [2.75, 3.05) is 0 Å².